The lowest BCUT2D eigenvalue weighted by atomic mass is 9.96. The van der Waals surface area contributed by atoms with Crippen molar-refractivity contribution in [2.45, 2.75) is 18.9 Å². The van der Waals surface area contributed by atoms with Gasteiger partial charge in [0, 0.05) is 5.69 Å². The molecular weight excluding hydrogens is 405 g/mol. The Labute approximate surface area is 178 Å². The average molecular weight is 426 g/mol. The third kappa shape index (κ3) is 5.44. The van der Waals surface area contributed by atoms with Gasteiger partial charge in [-0.3, -0.25) is 4.79 Å². The predicted molar refractivity (Wildman–Crippen MR) is 112 cm³/mol. The van der Waals surface area contributed by atoms with E-state index >= 15 is 0 Å². The van der Waals surface area contributed by atoms with Crippen LogP contribution in [0, 0.1) is 23.4 Å². The number of carbonyl (C=O) groups is 1. The number of ether oxygens (including phenoxy) is 1. The molecule has 7 heteroatoms. The summed E-state index contributed by atoms with van der Waals surface area (Å²) in [6.45, 7) is 0.627. The maximum Gasteiger partial charge on any atom is 0.241 e. The second kappa shape index (κ2) is 9.22. The van der Waals surface area contributed by atoms with E-state index in [1.165, 1.54) is 30.3 Å². The summed E-state index contributed by atoms with van der Waals surface area (Å²) in [6.07, 6.45) is 1.18. The maximum atomic E-state index is 13.4. The third-order valence-corrected chi connectivity index (χ3v) is 5.22. The molecule has 3 aromatic carbocycles. The minimum Gasteiger partial charge on any atom is -0.457 e. The summed E-state index contributed by atoms with van der Waals surface area (Å²) < 4.78 is 45.1. The van der Waals surface area contributed by atoms with Crippen LogP contribution in [0.25, 0.3) is 0 Å². The zero-order valence-electron chi connectivity index (χ0n) is 16.6. The first-order valence-electron chi connectivity index (χ1n) is 9.98. The lowest BCUT2D eigenvalue weighted by molar-refractivity contribution is -0.117. The maximum absolute atomic E-state index is 13.4. The molecule has 0 aliphatic carbocycles. The minimum atomic E-state index is -0.861. The second-order valence-corrected chi connectivity index (χ2v) is 7.58. The molecule has 4 nitrogen and oxygen atoms in total. The minimum absolute atomic E-state index is 0.153. The third-order valence-electron chi connectivity index (χ3n) is 5.22. The Morgan fingerprint density at radius 3 is 2.29 bits per heavy atom. The number of nitrogens with one attached hydrogen (secondary N) is 2. The number of rotatable bonds is 6. The molecule has 1 aliphatic rings. The molecular formula is C24H21F3N2O2. The monoisotopic (exact) mass is 426 g/mol. The van der Waals surface area contributed by atoms with Crippen LogP contribution in [-0.2, 0) is 11.2 Å². The molecule has 0 aromatic heterocycles. The Hall–Kier alpha value is -3.32. The van der Waals surface area contributed by atoms with Crippen LogP contribution in [0.3, 0.4) is 0 Å². The predicted octanol–water partition coefficient (Wildman–Crippen LogP) is 5.06. The lowest BCUT2D eigenvalue weighted by Crippen LogP contribution is -2.35. The van der Waals surface area contributed by atoms with E-state index in [0.29, 0.717) is 42.1 Å². The second-order valence-electron chi connectivity index (χ2n) is 7.58. The van der Waals surface area contributed by atoms with E-state index in [4.69, 9.17) is 4.74 Å². The van der Waals surface area contributed by atoms with E-state index in [2.05, 4.69) is 10.6 Å². The molecule has 2 N–H and O–H groups in total. The summed E-state index contributed by atoms with van der Waals surface area (Å²) >= 11 is 0. The Morgan fingerprint density at radius 2 is 1.61 bits per heavy atom. The molecule has 1 heterocycles. The molecule has 1 aliphatic heterocycles. The highest BCUT2D eigenvalue weighted by Gasteiger charge is 2.29. The van der Waals surface area contributed by atoms with Crippen molar-refractivity contribution in [3.63, 3.8) is 0 Å². The number of hydrogen-bond donors (Lipinski definition) is 2. The van der Waals surface area contributed by atoms with E-state index in [0.717, 1.165) is 6.07 Å². The standard InChI is InChI=1S/C24H21F3N2O2/c25-17-2-6-19(7-3-17)31-20-8-4-18(5-9-20)29-24(30)23-13-16(14-28-23)11-15-1-10-21(26)22(27)12-15/h1-10,12,16,23,28H,11,13-14H2,(H,29,30)/t16-,23+/m1/s1. The van der Waals surface area contributed by atoms with Crippen LogP contribution in [0.5, 0.6) is 11.5 Å². The fraction of sp³-hybridized carbons (Fsp3) is 0.208. The van der Waals surface area contributed by atoms with E-state index in [-0.39, 0.29) is 23.7 Å². The molecule has 1 saturated heterocycles. The molecule has 1 fully saturated rings. The normalized spacial score (nSPS) is 18.0. The van der Waals surface area contributed by atoms with Crippen molar-refractivity contribution >= 4 is 11.6 Å². The highest BCUT2D eigenvalue weighted by atomic mass is 19.2. The molecule has 2 atom stereocenters. The number of anilines is 1. The van der Waals surface area contributed by atoms with Crippen molar-refractivity contribution in [1.82, 2.24) is 5.32 Å². The summed E-state index contributed by atoms with van der Waals surface area (Å²) in [4.78, 5) is 12.6. The zero-order valence-corrected chi connectivity index (χ0v) is 16.6. The van der Waals surface area contributed by atoms with Gasteiger partial charge in [-0.1, -0.05) is 6.07 Å². The van der Waals surface area contributed by atoms with Crippen LogP contribution in [-0.4, -0.2) is 18.5 Å². The molecule has 4 rings (SSSR count). The van der Waals surface area contributed by atoms with E-state index in [1.807, 2.05) is 0 Å². The summed E-state index contributed by atoms with van der Waals surface area (Å²) in [5.74, 6) is -0.968. The zero-order chi connectivity index (χ0) is 21.8. The van der Waals surface area contributed by atoms with Gasteiger partial charge >= 0.3 is 0 Å². The van der Waals surface area contributed by atoms with Crippen molar-refractivity contribution < 1.29 is 22.7 Å². The van der Waals surface area contributed by atoms with Gasteiger partial charge in [-0.05, 0) is 91.5 Å². The quantitative estimate of drug-likeness (QED) is 0.580. The van der Waals surface area contributed by atoms with Crippen LogP contribution in [0.1, 0.15) is 12.0 Å². The first kappa shape index (κ1) is 20.9. The lowest BCUT2D eigenvalue weighted by Gasteiger charge is -2.12. The SMILES string of the molecule is O=C(Nc1ccc(Oc2ccc(F)cc2)cc1)[C@@H]1C[C@@H](Cc2ccc(F)c(F)c2)CN1. The van der Waals surface area contributed by atoms with Gasteiger partial charge in [0.25, 0.3) is 0 Å². The molecule has 31 heavy (non-hydrogen) atoms. The fourth-order valence-electron chi connectivity index (χ4n) is 3.64. The van der Waals surface area contributed by atoms with Crippen molar-refractivity contribution in [1.29, 1.82) is 0 Å². The number of hydrogen-bond acceptors (Lipinski definition) is 3. The van der Waals surface area contributed by atoms with Crippen LogP contribution < -0.4 is 15.4 Å². The van der Waals surface area contributed by atoms with Crippen molar-refractivity contribution in [2.24, 2.45) is 5.92 Å². The van der Waals surface area contributed by atoms with Gasteiger partial charge in [0.05, 0.1) is 6.04 Å². The largest absolute Gasteiger partial charge is 0.457 e. The van der Waals surface area contributed by atoms with Gasteiger partial charge in [0.2, 0.25) is 5.91 Å². The average Bonchev–Trinajstić information content (AvgIpc) is 3.22. The summed E-state index contributed by atoms with van der Waals surface area (Å²) in [7, 11) is 0. The Morgan fingerprint density at radius 1 is 0.935 bits per heavy atom. The van der Waals surface area contributed by atoms with E-state index in [1.54, 1.807) is 30.3 Å². The molecule has 0 bridgehead atoms. The first-order chi connectivity index (χ1) is 15.0. The van der Waals surface area contributed by atoms with E-state index < -0.39 is 11.6 Å². The Bertz CT molecular complexity index is 1060. The smallest absolute Gasteiger partial charge is 0.241 e. The van der Waals surface area contributed by atoms with Gasteiger partial charge in [-0.2, -0.15) is 0 Å². The molecule has 0 radical (unpaired) electrons. The van der Waals surface area contributed by atoms with E-state index in [9.17, 15) is 18.0 Å². The van der Waals surface area contributed by atoms with Crippen molar-refractivity contribution in [2.75, 3.05) is 11.9 Å². The topological polar surface area (TPSA) is 50.4 Å². The Balaban J connectivity index is 1.29. The Kier molecular flexibility index (Phi) is 6.23. The molecule has 0 spiro atoms. The molecule has 3 aromatic rings. The highest BCUT2D eigenvalue weighted by molar-refractivity contribution is 5.95. The molecule has 0 saturated carbocycles. The molecule has 160 valence electrons. The van der Waals surface area contributed by atoms with Gasteiger partial charge in [-0.15, -0.1) is 0 Å². The van der Waals surface area contributed by atoms with Crippen LogP contribution in [0.4, 0.5) is 18.9 Å². The van der Waals surface area contributed by atoms with Gasteiger partial charge in [0.15, 0.2) is 11.6 Å². The first-order valence-corrected chi connectivity index (χ1v) is 9.98. The van der Waals surface area contributed by atoms with Crippen molar-refractivity contribution in [3.8, 4) is 11.5 Å². The van der Waals surface area contributed by atoms with Gasteiger partial charge in [0.1, 0.15) is 17.3 Å². The summed E-state index contributed by atoms with van der Waals surface area (Å²) in [6, 6.07) is 16.1. The van der Waals surface area contributed by atoms with Crippen LogP contribution in [0.2, 0.25) is 0 Å². The van der Waals surface area contributed by atoms with Gasteiger partial charge in [-0.25, -0.2) is 13.2 Å². The van der Waals surface area contributed by atoms with Crippen LogP contribution >= 0.6 is 0 Å². The fourth-order valence-corrected chi connectivity index (χ4v) is 3.64. The van der Waals surface area contributed by atoms with Crippen molar-refractivity contribution in [3.05, 3.63) is 89.7 Å². The number of benzene rings is 3. The number of carbonyl (C=O) groups excluding carboxylic acids is 1. The molecule has 1 amide bonds. The number of amides is 1. The molecule has 0 unspecified atom stereocenters. The van der Waals surface area contributed by atoms with Crippen LogP contribution in [0.15, 0.2) is 66.7 Å². The summed E-state index contributed by atoms with van der Waals surface area (Å²) in [5, 5.41) is 6.05. The highest BCUT2D eigenvalue weighted by Crippen LogP contribution is 2.25. The summed E-state index contributed by atoms with van der Waals surface area (Å²) in [5.41, 5.74) is 1.34. The number of halogens is 3. The van der Waals surface area contributed by atoms with Gasteiger partial charge < -0.3 is 15.4 Å².